The third-order valence-electron chi connectivity index (χ3n) is 3.42. The van der Waals surface area contributed by atoms with Crippen molar-refractivity contribution >= 4 is 0 Å². The van der Waals surface area contributed by atoms with E-state index in [-0.39, 0.29) is 5.41 Å². The van der Waals surface area contributed by atoms with Gasteiger partial charge in [0.25, 0.3) is 0 Å². The van der Waals surface area contributed by atoms with Crippen LogP contribution >= 0.6 is 0 Å². The van der Waals surface area contributed by atoms with E-state index in [2.05, 4.69) is 80.7 Å². The topological polar surface area (TPSA) is 16.6 Å². The van der Waals surface area contributed by atoms with Crippen LogP contribution in [0.5, 0.6) is 0 Å². The van der Waals surface area contributed by atoms with Gasteiger partial charge in [-0.3, -0.25) is 0 Å². The second-order valence-corrected chi connectivity index (χ2v) is 6.13. The number of nitrogens with two attached hydrogens (primary N) is 1. The molecule has 100 valence electrons. The van der Waals surface area contributed by atoms with Crippen molar-refractivity contribution in [2.75, 3.05) is 0 Å². The highest BCUT2D eigenvalue weighted by Gasteiger charge is 2.12. The molecule has 2 aromatic rings. The molecule has 1 nitrogen and oxygen atoms in total. The van der Waals surface area contributed by atoms with Crippen LogP contribution in [-0.2, 0) is 18.5 Å². The van der Waals surface area contributed by atoms with Crippen molar-refractivity contribution in [1.82, 2.24) is 0 Å². The second-order valence-electron chi connectivity index (χ2n) is 6.13. The minimum absolute atomic E-state index is 0.242. The normalized spacial score (nSPS) is 11.5. The van der Waals surface area contributed by atoms with E-state index in [9.17, 15) is 0 Å². The molecule has 0 aliphatic rings. The molecule has 1 heteroatoms. The summed E-state index contributed by atoms with van der Waals surface area (Å²) < 4.78 is 0. The minimum atomic E-state index is 0.242. The monoisotopic (exact) mass is 254 g/mol. The molecule has 0 atom stereocenters. The smallest absolute Gasteiger partial charge is 0.101 e. The minimum Gasteiger partial charge on any atom is -0.339 e. The quantitative estimate of drug-likeness (QED) is 0.862. The van der Waals surface area contributed by atoms with Gasteiger partial charge in [-0.25, -0.2) is 0 Å². The molecular formula is C18H24N+. The van der Waals surface area contributed by atoms with Crippen LogP contribution in [0.25, 0.3) is 0 Å². The van der Waals surface area contributed by atoms with E-state index in [0.717, 1.165) is 13.1 Å². The number of quaternary nitrogens is 1. The van der Waals surface area contributed by atoms with Gasteiger partial charge in [-0.2, -0.15) is 0 Å². The fourth-order valence-electron chi connectivity index (χ4n) is 2.16. The van der Waals surface area contributed by atoms with Gasteiger partial charge in [-0.15, -0.1) is 0 Å². The number of benzene rings is 2. The van der Waals surface area contributed by atoms with Crippen LogP contribution in [0.3, 0.4) is 0 Å². The molecular weight excluding hydrogens is 230 g/mol. The Morgan fingerprint density at radius 1 is 0.737 bits per heavy atom. The van der Waals surface area contributed by atoms with Crippen LogP contribution in [0.15, 0.2) is 54.6 Å². The summed E-state index contributed by atoms with van der Waals surface area (Å²) in [6.45, 7) is 8.85. The fourth-order valence-corrected chi connectivity index (χ4v) is 2.16. The summed E-state index contributed by atoms with van der Waals surface area (Å²) in [7, 11) is 0. The predicted octanol–water partition coefficient (Wildman–Crippen LogP) is 3.25. The number of hydrogen-bond acceptors (Lipinski definition) is 0. The Morgan fingerprint density at radius 3 is 1.79 bits per heavy atom. The summed E-state index contributed by atoms with van der Waals surface area (Å²) >= 11 is 0. The maximum absolute atomic E-state index is 2.35. The number of rotatable bonds is 4. The molecule has 2 aromatic carbocycles. The zero-order chi connectivity index (χ0) is 13.7. The first kappa shape index (κ1) is 13.8. The molecule has 0 heterocycles. The molecule has 2 rings (SSSR count). The van der Waals surface area contributed by atoms with Crippen molar-refractivity contribution < 1.29 is 5.32 Å². The van der Waals surface area contributed by atoms with Gasteiger partial charge in [0.05, 0.1) is 0 Å². The molecule has 0 aromatic heterocycles. The van der Waals surface area contributed by atoms with Gasteiger partial charge in [-0.1, -0.05) is 75.4 Å². The van der Waals surface area contributed by atoms with Gasteiger partial charge in [0.2, 0.25) is 0 Å². The molecule has 0 aliphatic carbocycles. The lowest BCUT2D eigenvalue weighted by atomic mass is 9.87. The summed E-state index contributed by atoms with van der Waals surface area (Å²) in [6, 6.07) is 19.6. The zero-order valence-electron chi connectivity index (χ0n) is 12.2. The van der Waals surface area contributed by atoms with Crippen LogP contribution in [-0.4, -0.2) is 0 Å². The average molecular weight is 254 g/mol. The third kappa shape index (κ3) is 4.22. The van der Waals surface area contributed by atoms with Crippen LogP contribution in [0, 0.1) is 0 Å². The molecule has 0 spiro atoms. The summed E-state index contributed by atoms with van der Waals surface area (Å²) in [6.07, 6.45) is 0. The Hall–Kier alpha value is -1.60. The third-order valence-corrected chi connectivity index (χ3v) is 3.42. The van der Waals surface area contributed by atoms with Gasteiger partial charge in [0.15, 0.2) is 0 Å². The van der Waals surface area contributed by atoms with Gasteiger partial charge in [-0.05, 0) is 11.0 Å². The predicted molar refractivity (Wildman–Crippen MR) is 80.9 cm³/mol. The largest absolute Gasteiger partial charge is 0.339 e. The van der Waals surface area contributed by atoms with E-state index < -0.39 is 0 Å². The van der Waals surface area contributed by atoms with Crippen molar-refractivity contribution in [2.24, 2.45) is 0 Å². The second kappa shape index (κ2) is 6.03. The summed E-state index contributed by atoms with van der Waals surface area (Å²) in [4.78, 5) is 0. The van der Waals surface area contributed by atoms with Crippen molar-refractivity contribution in [1.29, 1.82) is 0 Å². The highest BCUT2D eigenvalue weighted by atomic mass is 14.8. The molecule has 0 radical (unpaired) electrons. The first-order valence-electron chi connectivity index (χ1n) is 7.01. The van der Waals surface area contributed by atoms with Crippen molar-refractivity contribution in [2.45, 2.75) is 39.3 Å². The Kier molecular flexibility index (Phi) is 4.39. The van der Waals surface area contributed by atoms with E-state index in [1.807, 2.05) is 0 Å². The fraction of sp³-hybridized carbons (Fsp3) is 0.333. The molecule has 0 amide bonds. The van der Waals surface area contributed by atoms with Crippen molar-refractivity contribution in [3.05, 3.63) is 71.3 Å². The van der Waals surface area contributed by atoms with E-state index >= 15 is 0 Å². The molecule has 0 bridgehead atoms. The summed E-state index contributed by atoms with van der Waals surface area (Å²) in [5.41, 5.74) is 4.42. The lowest BCUT2D eigenvalue weighted by Gasteiger charge is -2.18. The van der Waals surface area contributed by atoms with Crippen LogP contribution in [0.1, 0.15) is 37.5 Å². The SMILES string of the molecule is CC(C)(C)c1ccc(C[NH2+]Cc2ccccc2)cc1. The number of hydrogen-bond donors (Lipinski definition) is 1. The van der Waals surface area contributed by atoms with Crippen LogP contribution in [0.2, 0.25) is 0 Å². The van der Waals surface area contributed by atoms with Gasteiger partial charge < -0.3 is 5.32 Å². The maximum atomic E-state index is 2.35. The molecule has 19 heavy (non-hydrogen) atoms. The molecule has 2 N–H and O–H groups in total. The zero-order valence-corrected chi connectivity index (χ0v) is 12.2. The van der Waals surface area contributed by atoms with E-state index in [0.29, 0.717) is 0 Å². The van der Waals surface area contributed by atoms with Gasteiger partial charge in [0.1, 0.15) is 13.1 Å². The average Bonchev–Trinajstić information content (AvgIpc) is 2.39. The van der Waals surface area contributed by atoms with Crippen LogP contribution in [0.4, 0.5) is 0 Å². The first-order valence-corrected chi connectivity index (χ1v) is 7.01. The Labute approximate surface area is 116 Å². The summed E-state index contributed by atoms with van der Waals surface area (Å²) in [5.74, 6) is 0. The molecule has 0 saturated carbocycles. The van der Waals surface area contributed by atoms with Gasteiger partial charge in [0, 0.05) is 11.1 Å². The Morgan fingerprint density at radius 2 is 1.26 bits per heavy atom. The van der Waals surface area contributed by atoms with E-state index in [4.69, 9.17) is 0 Å². The highest BCUT2D eigenvalue weighted by Crippen LogP contribution is 2.21. The highest BCUT2D eigenvalue weighted by molar-refractivity contribution is 5.27. The Bertz CT molecular complexity index is 491. The standard InChI is InChI=1S/C18H23N/c1-18(2,3)17-11-9-16(10-12-17)14-19-13-15-7-5-4-6-8-15/h4-12,19H,13-14H2,1-3H3/p+1. The molecule has 0 unspecified atom stereocenters. The molecule has 0 aliphatic heterocycles. The van der Waals surface area contributed by atoms with E-state index in [1.54, 1.807) is 0 Å². The van der Waals surface area contributed by atoms with Gasteiger partial charge >= 0.3 is 0 Å². The maximum Gasteiger partial charge on any atom is 0.101 e. The van der Waals surface area contributed by atoms with E-state index in [1.165, 1.54) is 16.7 Å². The van der Waals surface area contributed by atoms with Crippen LogP contribution < -0.4 is 5.32 Å². The molecule has 0 saturated heterocycles. The lowest BCUT2D eigenvalue weighted by Crippen LogP contribution is -2.80. The Balaban J connectivity index is 1.87. The summed E-state index contributed by atoms with van der Waals surface area (Å²) in [5, 5.41) is 2.35. The van der Waals surface area contributed by atoms with Crippen molar-refractivity contribution in [3.63, 3.8) is 0 Å². The lowest BCUT2D eigenvalue weighted by molar-refractivity contribution is -0.686. The van der Waals surface area contributed by atoms with Crippen molar-refractivity contribution in [3.8, 4) is 0 Å². The molecule has 0 fully saturated rings. The first-order chi connectivity index (χ1) is 9.05.